The number of ether oxygens (including phenoxy) is 1. The Bertz CT molecular complexity index is 198. The van der Waals surface area contributed by atoms with Gasteiger partial charge < -0.3 is 9.84 Å². The molecule has 0 saturated heterocycles. The van der Waals surface area contributed by atoms with Gasteiger partial charge in [0.25, 0.3) is 0 Å². The topological polar surface area (TPSA) is 46.5 Å². The molecule has 0 aromatic carbocycles. The molecule has 0 aromatic heterocycles. The van der Waals surface area contributed by atoms with Gasteiger partial charge in [-0.3, -0.25) is 4.79 Å². The van der Waals surface area contributed by atoms with Crippen LogP contribution in [-0.4, -0.2) is 24.3 Å². The van der Waals surface area contributed by atoms with E-state index in [1.54, 1.807) is 7.11 Å². The van der Waals surface area contributed by atoms with Crippen LogP contribution in [0, 0.1) is 11.3 Å². The molecule has 0 amide bonds. The number of hydrogen-bond acceptors (Lipinski definition) is 2. The third-order valence-electron chi connectivity index (χ3n) is 3.36. The summed E-state index contributed by atoms with van der Waals surface area (Å²) in [7, 11) is 1.73. The van der Waals surface area contributed by atoms with E-state index in [0.29, 0.717) is 11.5 Å². The summed E-state index contributed by atoms with van der Waals surface area (Å²) in [6.07, 6.45) is 4.31. The molecule has 2 rings (SSSR count). The molecule has 1 N–H and O–H groups in total. The van der Waals surface area contributed by atoms with E-state index in [1.165, 1.54) is 0 Å². The number of aliphatic carboxylic acids is 1. The van der Waals surface area contributed by atoms with Crippen molar-refractivity contribution < 1.29 is 14.6 Å². The average molecular weight is 170 g/mol. The third kappa shape index (κ3) is 1.04. The highest BCUT2D eigenvalue weighted by atomic mass is 16.5. The van der Waals surface area contributed by atoms with Gasteiger partial charge in [-0.15, -0.1) is 0 Å². The standard InChI is InChI=1S/C9H14O3/c1-12-7-4-9(5-7)2-6(3-9)8(10)11/h6-7H,2-5H2,1H3,(H,10,11). The Morgan fingerprint density at radius 3 is 2.42 bits per heavy atom. The minimum absolute atomic E-state index is 0.0668. The summed E-state index contributed by atoms with van der Waals surface area (Å²) in [5.41, 5.74) is 0.365. The van der Waals surface area contributed by atoms with Crippen molar-refractivity contribution in [2.75, 3.05) is 7.11 Å². The number of carboxylic acids is 1. The van der Waals surface area contributed by atoms with E-state index in [-0.39, 0.29) is 5.92 Å². The molecule has 0 aromatic rings. The first-order chi connectivity index (χ1) is 5.65. The molecule has 1 spiro atoms. The average Bonchev–Trinajstić information content (AvgIpc) is 1.81. The number of carboxylic acid groups (broad SMARTS) is 1. The van der Waals surface area contributed by atoms with E-state index in [9.17, 15) is 4.79 Å². The van der Waals surface area contributed by atoms with Crippen LogP contribution in [-0.2, 0) is 9.53 Å². The fourth-order valence-corrected chi connectivity index (χ4v) is 2.57. The van der Waals surface area contributed by atoms with Crippen LogP contribution in [0.4, 0.5) is 0 Å². The fourth-order valence-electron chi connectivity index (χ4n) is 2.57. The van der Waals surface area contributed by atoms with Crippen LogP contribution in [0.3, 0.4) is 0 Å². The molecule has 2 aliphatic carbocycles. The Kier molecular flexibility index (Phi) is 1.65. The minimum atomic E-state index is -0.624. The lowest BCUT2D eigenvalue weighted by Gasteiger charge is -2.56. The first kappa shape index (κ1) is 8.05. The van der Waals surface area contributed by atoms with Crippen LogP contribution in [0.1, 0.15) is 25.7 Å². The molecule has 3 nitrogen and oxygen atoms in total. The normalized spacial score (nSPS) is 45.1. The molecular weight excluding hydrogens is 156 g/mol. The maximum absolute atomic E-state index is 10.5. The highest BCUT2D eigenvalue weighted by Crippen LogP contribution is 2.59. The lowest BCUT2D eigenvalue weighted by molar-refractivity contribution is -0.166. The molecule has 12 heavy (non-hydrogen) atoms. The number of hydrogen-bond donors (Lipinski definition) is 1. The van der Waals surface area contributed by atoms with E-state index in [2.05, 4.69) is 0 Å². The van der Waals surface area contributed by atoms with Crippen molar-refractivity contribution in [2.24, 2.45) is 11.3 Å². The van der Waals surface area contributed by atoms with Gasteiger partial charge in [0.05, 0.1) is 12.0 Å². The molecule has 0 radical (unpaired) electrons. The van der Waals surface area contributed by atoms with E-state index >= 15 is 0 Å². The van der Waals surface area contributed by atoms with E-state index in [0.717, 1.165) is 25.7 Å². The number of rotatable bonds is 2. The highest BCUT2D eigenvalue weighted by molar-refractivity contribution is 5.71. The lowest BCUT2D eigenvalue weighted by Crippen LogP contribution is -2.52. The van der Waals surface area contributed by atoms with Crippen molar-refractivity contribution in [2.45, 2.75) is 31.8 Å². The van der Waals surface area contributed by atoms with E-state index < -0.39 is 5.97 Å². The quantitative estimate of drug-likeness (QED) is 0.679. The summed E-state index contributed by atoms with van der Waals surface area (Å²) in [5.74, 6) is -0.690. The lowest BCUT2D eigenvalue weighted by atomic mass is 9.51. The zero-order valence-corrected chi connectivity index (χ0v) is 7.25. The second kappa shape index (κ2) is 2.46. The second-order valence-electron chi connectivity index (χ2n) is 4.21. The van der Waals surface area contributed by atoms with Crippen molar-refractivity contribution in [3.05, 3.63) is 0 Å². The first-order valence-corrected chi connectivity index (χ1v) is 4.41. The Morgan fingerprint density at radius 2 is 2.00 bits per heavy atom. The smallest absolute Gasteiger partial charge is 0.306 e. The summed E-state index contributed by atoms with van der Waals surface area (Å²) < 4.78 is 5.17. The Hall–Kier alpha value is -0.570. The molecule has 0 bridgehead atoms. The summed E-state index contributed by atoms with van der Waals surface area (Å²) in [6, 6.07) is 0. The van der Waals surface area contributed by atoms with Crippen molar-refractivity contribution in [3.8, 4) is 0 Å². The summed E-state index contributed by atoms with van der Waals surface area (Å²) in [5, 5.41) is 8.68. The van der Waals surface area contributed by atoms with Crippen LogP contribution >= 0.6 is 0 Å². The molecule has 68 valence electrons. The molecule has 2 saturated carbocycles. The van der Waals surface area contributed by atoms with Gasteiger partial charge in [0.2, 0.25) is 0 Å². The highest BCUT2D eigenvalue weighted by Gasteiger charge is 2.55. The van der Waals surface area contributed by atoms with Gasteiger partial charge in [-0.25, -0.2) is 0 Å². The molecule has 2 aliphatic rings. The maximum Gasteiger partial charge on any atom is 0.306 e. The number of methoxy groups -OCH3 is 1. The molecule has 3 heteroatoms. The molecule has 0 heterocycles. The Labute approximate surface area is 71.7 Å². The molecular formula is C9H14O3. The molecule has 2 fully saturated rings. The summed E-state index contributed by atoms with van der Waals surface area (Å²) in [6.45, 7) is 0. The fraction of sp³-hybridized carbons (Fsp3) is 0.889. The maximum atomic E-state index is 10.5. The SMILES string of the molecule is COC1CC2(C1)CC(C(=O)O)C2. The second-order valence-corrected chi connectivity index (χ2v) is 4.21. The van der Waals surface area contributed by atoms with Crippen LogP contribution < -0.4 is 0 Å². The van der Waals surface area contributed by atoms with Crippen molar-refractivity contribution >= 4 is 5.97 Å². The summed E-state index contributed by atoms with van der Waals surface area (Å²) >= 11 is 0. The van der Waals surface area contributed by atoms with Gasteiger partial charge in [0, 0.05) is 7.11 Å². The van der Waals surface area contributed by atoms with Crippen LogP contribution in [0.25, 0.3) is 0 Å². The third-order valence-corrected chi connectivity index (χ3v) is 3.36. The predicted molar refractivity (Wildman–Crippen MR) is 42.8 cm³/mol. The van der Waals surface area contributed by atoms with Gasteiger partial charge in [-0.05, 0) is 31.1 Å². The zero-order chi connectivity index (χ0) is 8.77. The van der Waals surface area contributed by atoms with Gasteiger partial charge >= 0.3 is 5.97 Å². The van der Waals surface area contributed by atoms with Gasteiger partial charge in [0.1, 0.15) is 0 Å². The van der Waals surface area contributed by atoms with Gasteiger partial charge in [-0.1, -0.05) is 0 Å². The predicted octanol–water partition coefficient (Wildman–Crippen LogP) is 1.28. The minimum Gasteiger partial charge on any atom is -0.481 e. The van der Waals surface area contributed by atoms with Crippen LogP contribution in [0.15, 0.2) is 0 Å². The van der Waals surface area contributed by atoms with Crippen molar-refractivity contribution in [1.82, 2.24) is 0 Å². The van der Waals surface area contributed by atoms with Crippen molar-refractivity contribution in [3.63, 3.8) is 0 Å². The first-order valence-electron chi connectivity index (χ1n) is 4.41. The van der Waals surface area contributed by atoms with Gasteiger partial charge in [-0.2, -0.15) is 0 Å². The molecule has 0 unspecified atom stereocenters. The number of carbonyl (C=O) groups is 1. The van der Waals surface area contributed by atoms with Crippen LogP contribution in [0.2, 0.25) is 0 Å². The Morgan fingerprint density at radius 1 is 1.42 bits per heavy atom. The molecule has 0 atom stereocenters. The van der Waals surface area contributed by atoms with E-state index in [4.69, 9.17) is 9.84 Å². The zero-order valence-electron chi connectivity index (χ0n) is 7.25. The summed E-state index contributed by atoms with van der Waals surface area (Å²) in [4.78, 5) is 10.5. The van der Waals surface area contributed by atoms with E-state index in [1.807, 2.05) is 0 Å². The van der Waals surface area contributed by atoms with Crippen LogP contribution in [0.5, 0.6) is 0 Å². The Balaban J connectivity index is 1.79. The van der Waals surface area contributed by atoms with Gasteiger partial charge in [0.15, 0.2) is 0 Å². The van der Waals surface area contributed by atoms with Crippen molar-refractivity contribution in [1.29, 1.82) is 0 Å². The largest absolute Gasteiger partial charge is 0.481 e. The molecule has 0 aliphatic heterocycles. The monoisotopic (exact) mass is 170 g/mol.